The maximum Gasteiger partial charge on any atom is 0.243 e. The molecule has 31 heavy (non-hydrogen) atoms. The van der Waals surface area contributed by atoms with Crippen molar-refractivity contribution in [3.8, 4) is 11.5 Å². The number of anilines is 1. The van der Waals surface area contributed by atoms with Gasteiger partial charge in [0.1, 0.15) is 5.75 Å². The van der Waals surface area contributed by atoms with Crippen molar-refractivity contribution >= 4 is 21.6 Å². The van der Waals surface area contributed by atoms with E-state index in [4.69, 9.17) is 4.74 Å². The molecule has 0 radical (unpaired) electrons. The SMILES string of the molecule is CCN(CC)S(=O)(=O)c1ccc(Oc2cc(C)ccc2C(C)C)c(NCC(=O)NC)c1. The standard InChI is InChI=1S/C23H33N3O4S/c1-7-26(8-2)31(28,29)18-10-12-21(20(14-18)25-15-23(27)24-6)30-22-13-17(5)9-11-19(22)16(3)4/h9-14,16,25H,7-8,15H2,1-6H3,(H,24,27). The highest BCUT2D eigenvalue weighted by Crippen LogP contribution is 2.36. The molecule has 0 saturated heterocycles. The fourth-order valence-corrected chi connectivity index (χ4v) is 4.68. The number of ether oxygens (including phenoxy) is 1. The lowest BCUT2D eigenvalue weighted by Gasteiger charge is -2.21. The molecule has 170 valence electrons. The molecule has 2 rings (SSSR count). The van der Waals surface area contributed by atoms with E-state index in [1.54, 1.807) is 33.0 Å². The van der Waals surface area contributed by atoms with Crippen LogP contribution in [0.5, 0.6) is 11.5 Å². The number of aryl methyl sites for hydroxylation is 1. The molecule has 0 aliphatic heterocycles. The Morgan fingerprint density at radius 1 is 1.06 bits per heavy atom. The van der Waals surface area contributed by atoms with Crippen LogP contribution in [0.15, 0.2) is 41.3 Å². The molecule has 7 nitrogen and oxygen atoms in total. The number of hydrogen-bond acceptors (Lipinski definition) is 5. The molecule has 0 heterocycles. The van der Waals surface area contributed by atoms with Crippen LogP contribution >= 0.6 is 0 Å². The number of amides is 1. The van der Waals surface area contributed by atoms with E-state index >= 15 is 0 Å². The molecule has 2 N–H and O–H groups in total. The van der Waals surface area contributed by atoms with Gasteiger partial charge in [0.2, 0.25) is 15.9 Å². The number of likely N-dealkylation sites (N-methyl/N-ethyl adjacent to an activating group) is 1. The summed E-state index contributed by atoms with van der Waals surface area (Å²) in [6.45, 7) is 10.5. The number of benzene rings is 2. The summed E-state index contributed by atoms with van der Waals surface area (Å²) < 4.78 is 33.6. The van der Waals surface area contributed by atoms with Gasteiger partial charge < -0.3 is 15.4 Å². The Morgan fingerprint density at radius 2 is 1.74 bits per heavy atom. The molecule has 2 aromatic carbocycles. The fraction of sp³-hybridized carbons (Fsp3) is 0.435. The Hall–Kier alpha value is -2.58. The van der Waals surface area contributed by atoms with E-state index in [0.29, 0.717) is 30.3 Å². The number of sulfonamides is 1. The van der Waals surface area contributed by atoms with E-state index in [-0.39, 0.29) is 23.3 Å². The summed E-state index contributed by atoms with van der Waals surface area (Å²) in [5, 5.41) is 5.56. The van der Waals surface area contributed by atoms with Gasteiger partial charge in [-0.1, -0.05) is 39.8 Å². The second-order valence-electron chi connectivity index (χ2n) is 7.57. The number of carbonyl (C=O) groups excluding carboxylic acids is 1. The number of carbonyl (C=O) groups is 1. The number of hydrogen-bond donors (Lipinski definition) is 2. The van der Waals surface area contributed by atoms with Crippen LogP contribution in [0.25, 0.3) is 0 Å². The van der Waals surface area contributed by atoms with E-state index in [1.165, 1.54) is 10.4 Å². The van der Waals surface area contributed by atoms with Crippen LogP contribution in [0, 0.1) is 6.92 Å². The lowest BCUT2D eigenvalue weighted by atomic mass is 10.0. The van der Waals surface area contributed by atoms with Gasteiger partial charge in [0, 0.05) is 20.1 Å². The highest BCUT2D eigenvalue weighted by Gasteiger charge is 2.23. The first-order valence-corrected chi connectivity index (χ1v) is 11.9. The summed E-state index contributed by atoms with van der Waals surface area (Å²) in [5.74, 6) is 1.19. The molecule has 2 aromatic rings. The zero-order valence-electron chi connectivity index (χ0n) is 19.2. The van der Waals surface area contributed by atoms with E-state index in [1.807, 2.05) is 25.1 Å². The Kier molecular flexibility index (Phi) is 8.47. The minimum absolute atomic E-state index is 0.00745. The molecule has 0 aliphatic rings. The number of rotatable bonds is 10. The molecule has 0 fully saturated rings. The average Bonchev–Trinajstić information content (AvgIpc) is 2.73. The number of nitrogens with one attached hydrogen (secondary N) is 2. The molecule has 1 amide bonds. The van der Waals surface area contributed by atoms with Crippen LogP contribution in [0.1, 0.15) is 44.7 Å². The molecule has 8 heteroatoms. The van der Waals surface area contributed by atoms with Crippen LogP contribution in [-0.2, 0) is 14.8 Å². The monoisotopic (exact) mass is 447 g/mol. The van der Waals surface area contributed by atoms with Crippen molar-refractivity contribution in [2.24, 2.45) is 0 Å². The summed E-state index contributed by atoms with van der Waals surface area (Å²) in [5.41, 5.74) is 2.54. The van der Waals surface area contributed by atoms with Gasteiger partial charge in [0.05, 0.1) is 17.1 Å². The van der Waals surface area contributed by atoms with Crippen molar-refractivity contribution in [2.75, 3.05) is 32.0 Å². The molecule has 0 atom stereocenters. The van der Waals surface area contributed by atoms with Gasteiger partial charge in [0.25, 0.3) is 0 Å². The van der Waals surface area contributed by atoms with Gasteiger partial charge >= 0.3 is 0 Å². The summed E-state index contributed by atoms with van der Waals surface area (Å²) in [7, 11) is -2.10. The highest BCUT2D eigenvalue weighted by atomic mass is 32.2. The normalized spacial score (nSPS) is 11.6. The molecule has 0 aliphatic carbocycles. The molecule has 0 unspecified atom stereocenters. The number of nitrogens with zero attached hydrogens (tertiary/aromatic N) is 1. The smallest absolute Gasteiger partial charge is 0.243 e. The van der Waals surface area contributed by atoms with Gasteiger partial charge in [-0.05, 0) is 48.2 Å². The first kappa shape index (κ1) is 24.7. The van der Waals surface area contributed by atoms with Crippen molar-refractivity contribution in [1.82, 2.24) is 9.62 Å². The Balaban J connectivity index is 2.52. The van der Waals surface area contributed by atoms with Crippen LogP contribution in [-0.4, -0.2) is 45.3 Å². The Bertz CT molecular complexity index is 1020. The Labute approximate surface area is 185 Å². The Morgan fingerprint density at radius 3 is 2.32 bits per heavy atom. The average molecular weight is 448 g/mol. The summed E-state index contributed by atoms with van der Waals surface area (Å²) >= 11 is 0. The topological polar surface area (TPSA) is 87.7 Å². The zero-order valence-corrected chi connectivity index (χ0v) is 20.0. The third-order valence-corrected chi connectivity index (χ3v) is 7.07. The van der Waals surface area contributed by atoms with Crippen LogP contribution < -0.4 is 15.4 Å². The lowest BCUT2D eigenvalue weighted by molar-refractivity contribution is -0.118. The molecule has 0 saturated carbocycles. The van der Waals surface area contributed by atoms with E-state index in [9.17, 15) is 13.2 Å². The van der Waals surface area contributed by atoms with Gasteiger partial charge in [-0.15, -0.1) is 0 Å². The van der Waals surface area contributed by atoms with Gasteiger partial charge in [0.15, 0.2) is 5.75 Å². The van der Waals surface area contributed by atoms with Crippen molar-refractivity contribution < 1.29 is 17.9 Å². The lowest BCUT2D eigenvalue weighted by Crippen LogP contribution is -2.30. The molecule has 0 spiro atoms. The van der Waals surface area contributed by atoms with Gasteiger partial charge in [-0.3, -0.25) is 4.79 Å². The second-order valence-corrected chi connectivity index (χ2v) is 9.51. The van der Waals surface area contributed by atoms with Crippen LogP contribution in [0.4, 0.5) is 5.69 Å². The van der Waals surface area contributed by atoms with Crippen molar-refractivity contribution in [1.29, 1.82) is 0 Å². The largest absolute Gasteiger partial charge is 0.455 e. The van der Waals surface area contributed by atoms with Crippen LogP contribution in [0.3, 0.4) is 0 Å². The van der Waals surface area contributed by atoms with Crippen molar-refractivity contribution in [2.45, 2.75) is 45.4 Å². The first-order valence-electron chi connectivity index (χ1n) is 10.5. The third kappa shape index (κ3) is 5.98. The van der Waals surface area contributed by atoms with Gasteiger partial charge in [-0.2, -0.15) is 4.31 Å². The molecular weight excluding hydrogens is 414 g/mol. The molecule has 0 aromatic heterocycles. The maximum atomic E-state index is 13.0. The van der Waals surface area contributed by atoms with Crippen molar-refractivity contribution in [3.63, 3.8) is 0 Å². The summed E-state index contributed by atoms with van der Waals surface area (Å²) in [4.78, 5) is 11.9. The van der Waals surface area contributed by atoms with Crippen LogP contribution in [0.2, 0.25) is 0 Å². The van der Waals surface area contributed by atoms with E-state index in [0.717, 1.165) is 11.1 Å². The zero-order chi connectivity index (χ0) is 23.2. The van der Waals surface area contributed by atoms with E-state index in [2.05, 4.69) is 24.5 Å². The minimum atomic E-state index is -3.65. The quantitative estimate of drug-likeness (QED) is 0.573. The summed E-state index contributed by atoms with van der Waals surface area (Å²) in [6, 6.07) is 10.7. The molecular formula is C23H33N3O4S. The van der Waals surface area contributed by atoms with Gasteiger partial charge in [-0.25, -0.2) is 8.42 Å². The third-order valence-electron chi connectivity index (χ3n) is 5.02. The van der Waals surface area contributed by atoms with E-state index < -0.39 is 10.0 Å². The summed E-state index contributed by atoms with van der Waals surface area (Å²) in [6.07, 6.45) is 0. The van der Waals surface area contributed by atoms with Crippen molar-refractivity contribution in [3.05, 3.63) is 47.5 Å². The molecule has 0 bridgehead atoms. The predicted molar refractivity (Wildman–Crippen MR) is 124 cm³/mol. The first-order chi connectivity index (χ1) is 14.6. The predicted octanol–water partition coefficient (Wildman–Crippen LogP) is 4.10. The second kappa shape index (κ2) is 10.6. The minimum Gasteiger partial charge on any atom is -0.455 e. The highest BCUT2D eigenvalue weighted by molar-refractivity contribution is 7.89. The maximum absolute atomic E-state index is 13.0. The fourth-order valence-electron chi connectivity index (χ4n) is 3.20.